The van der Waals surface area contributed by atoms with Crippen LogP contribution >= 0.6 is 22.9 Å². The van der Waals surface area contributed by atoms with Crippen molar-refractivity contribution in [2.45, 2.75) is 38.5 Å². The van der Waals surface area contributed by atoms with Crippen LogP contribution in [0.4, 0.5) is 10.1 Å². The largest absolute Gasteiger partial charge is 0.464 e. The van der Waals surface area contributed by atoms with Gasteiger partial charge in [-0.05, 0) is 36.4 Å². The molecule has 0 aliphatic rings. The van der Waals surface area contributed by atoms with Gasteiger partial charge in [-0.1, -0.05) is 37.3 Å². The number of fused-ring (bicyclic) bond motifs is 1. The highest BCUT2D eigenvalue weighted by molar-refractivity contribution is 7.10. The highest BCUT2D eigenvalue weighted by Gasteiger charge is 2.27. The number of hydrogen-bond acceptors (Lipinski definition) is 7. The summed E-state index contributed by atoms with van der Waals surface area (Å²) in [5.41, 5.74) is 4.40. The van der Waals surface area contributed by atoms with E-state index in [1.54, 1.807) is 18.5 Å². The van der Waals surface area contributed by atoms with Crippen LogP contribution in [0.1, 0.15) is 27.0 Å². The number of carbonyl (C=O) groups is 1. The first-order valence-electron chi connectivity index (χ1n) is 11.4. The summed E-state index contributed by atoms with van der Waals surface area (Å²) in [4.78, 5) is 21.5. The average Bonchev–Trinajstić information content (AvgIpc) is 3.47. The van der Waals surface area contributed by atoms with Gasteiger partial charge in [-0.25, -0.2) is 19.2 Å². The van der Waals surface area contributed by atoms with Gasteiger partial charge in [0.25, 0.3) is 0 Å². The number of imidazole rings is 1. The minimum Gasteiger partial charge on any atom is -0.464 e. The summed E-state index contributed by atoms with van der Waals surface area (Å²) >= 11 is 7.22. The van der Waals surface area contributed by atoms with Crippen molar-refractivity contribution in [3.63, 3.8) is 0 Å². The van der Waals surface area contributed by atoms with Gasteiger partial charge in [0.15, 0.2) is 5.69 Å². The molecule has 36 heavy (non-hydrogen) atoms. The minimum atomic E-state index is -1.15. The summed E-state index contributed by atoms with van der Waals surface area (Å²) < 4.78 is 27.7. The molecule has 11 heteroatoms. The summed E-state index contributed by atoms with van der Waals surface area (Å²) in [5.74, 6) is -1.08. The number of ether oxygens (including phenoxy) is 2. The molecule has 4 aromatic rings. The van der Waals surface area contributed by atoms with Crippen LogP contribution in [0.2, 0.25) is 30.7 Å². The number of methoxy groups -OCH3 is 1. The van der Waals surface area contributed by atoms with Crippen molar-refractivity contribution >= 4 is 53.7 Å². The van der Waals surface area contributed by atoms with Crippen LogP contribution in [-0.4, -0.2) is 42.3 Å². The lowest BCUT2D eigenvalue weighted by Crippen LogP contribution is -2.21. The lowest BCUT2D eigenvalue weighted by Gasteiger charge is -2.21. The fourth-order valence-corrected chi connectivity index (χ4v) is 5.45. The Balaban J connectivity index is 1.61. The fourth-order valence-electron chi connectivity index (χ4n) is 3.69. The summed E-state index contributed by atoms with van der Waals surface area (Å²) in [7, 11) is 0.135. The molecule has 1 atom stereocenters. The molecule has 0 spiro atoms. The van der Waals surface area contributed by atoms with Crippen molar-refractivity contribution in [3.05, 3.63) is 75.2 Å². The van der Waals surface area contributed by atoms with Crippen LogP contribution in [0.5, 0.6) is 0 Å². The monoisotopic (exact) mass is 546 g/mol. The smallest absolute Gasteiger partial charge is 0.357 e. The van der Waals surface area contributed by atoms with Gasteiger partial charge in [0.05, 0.1) is 40.9 Å². The normalized spacial score (nSPS) is 12.6. The van der Waals surface area contributed by atoms with Crippen LogP contribution < -0.4 is 5.32 Å². The highest BCUT2D eigenvalue weighted by Crippen LogP contribution is 2.35. The Bertz CT molecular complexity index is 1370. The molecule has 1 N–H and O–H groups in total. The molecule has 0 fully saturated rings. The van der Waals surface area contributed by atoms with Gasteiger partial charge in [0.2, 0.25) is 0 Å². The SMILES string of the molecule is COC(=O)c1ncsc1C(Nc1ccc2c(c1)ncn2COCC[Si](C)(C)C)c1ccc(Cl)cc1F. The quantitative estimate of drug-likeness (QED) is 0.137. The van der Waals surface area contributed by atoms with Crippen LogP contribution in [-0.2, 0) is 16.2 Å². The third kappa shape index (κ3) is 6.12. The molecule has 0 amide bonds. The van der Waals surface area contributed by atoms with E-state index in [0.717, 1.165) is 23.7 Å². The Morgan fingerprint density at radius 3 is 2.75 bits per heavy atom. The molecule has 2 heterocycles. The number of aromatic nitrogens is 3. The first kappa shape index (κ1) is 26.3. The van der Waals surface area contributed by atoms with Crippen LogP contribution in [0.25, 0.3) is 11.0 Å². The first-order valence-corrected chi connectivity index (χ1v) is 16.4. The van der Waals surface area contributed by atoms with E-state index in [1.807, 2.05) is 22.8 Å². The number of benzene rings is 2. The van der Waals surface area contributed by atoms with E-state index in [-0.39, 0.29) is 10.7 Å². The van der Waals surface area contributed by atoms with Crippen LogP contribution in [0.3, 0.4) is 0 Å². The maximum Gasteiger partial charge on any atom is 0.357 e. The second-order valence-corrected chi connectivity index (χ2v) is 16.5. The van der Waals surface area contributed by atoms with Gasteiger partial charge >= 0.3 is 5.97 Å². The molecule has 0 aliphatic heterocycles. The summed E-state index contributed by atoms with van der Waals surface area (Å²) in [6.45, 7) is 8.11. The second kappa shape index (κ2) is 11.1. The zero-order valence-corrected chi connectivity index (χ0v) is 23.1. The molecule has 1 unspecified atom stereocenters. The molecular formula is C25H28ClFN4O3SSi. The van der Waals surface area contributed by atoms with Gasteiger partial charge in [0.1, 0.15) is 12.5 Å². The maximum absolute atomic E-state index is 15.0. The van der Waals surface area contributed by atoms with E-state index in [4.69, 9.17) is 21.1 Å². The number of nitrogens with zero attached hydrogens (tertiary/aromatic N) is 3. The van der Waals surface area contributed by atoms with Crippen LogP contribution in [0.15, 0.2) is 48.2 Å². The van der Waals surface area contributed by atoms with E-state index in [9.17, 15) is 4.79 Å². The zero-order valence-electron chi connectivity index (χ0n) is 20.5. The van der Waals surface area contributed by atoms with Crippen molar-refractivity contribution in [2.75, 3.05) is 19.0 Å². The topological polar surface area (TPSA) is 78.3 Å². The molecule has 4 rings (SSSR count). The number of anilines is 1. The number of nitrogens with one attached hydrogen (secondary N) is 1. The number of rotatable bonds is 10. The number of hydrogen-bond donors (Lipinski definition) is 1. The highest BCUT2D eigenvalue weighted by atomic mass is 35.5. The minimum absolute atomic E-state index is 0.134. The number of carbonyl (C=O) groups excluding carboxylic acids is 1. The Morgan fingerprint density at radius 2 is 2.03 bits per heavy atom. The number of esters is 1. The number of thiazole rings is 1. The lowest BCUT2D eigenvalue weighted by molar-refractivity contribution is 0.0593. The Kier molecular flexibility index (Phi) is 8.09. The molecule has 0 radical (unpaired) electrons. The van der Waals surface area contributed by atoms with Gasteiger partial charge in [0, 0.05) is 31.0 Å². The summed E-state index contributed by atoms with van der Waals surface area (Å²) in [6.07, 6.45) is 1.75. The van der Waals surface area contributed by atoms with Crippen molar-refractivity contribution in [2.24, 2.45) is 0 Å². The molecule has 2 aromatic carbocycles. The molecule has 2 aromatic heterocycles. The van der Waals surface area contributed by atoms with Gasteiger partial charge < -0.3 is 19.4 Å². The third-order valence-electron chi connectivity index (χ3n) is 5.67. The third-order valence-corrected chi connectivity index (χ3v) is 8.50. The van der Waals surface area contributed by atoms with Crippen molar-refractivity contribution < 1.29 is 18.7 Å². The Morgan fingerprint density at radius 1 is 1.22 bits per heavy atom. The predicted octanol–water partition coefficient (Wildman–Crippen LogP) is 6.59. The first-order chi connectivity index (χ1) is 17.2. The maximum atomic E-state index is 15.0. The molecule has 0 saturated heterocycles. The van der Waals surface area contributed by atoms with Crippen LogP contribution in [0, 0.1) is 5.82 Å². The van der Waals surface area contributed by atoms with E-state index >= 15 is 4.39 Å². The summed E-state index contributed by atoms with van der Waals surface area (Å²) in [6, 6.07) is 10.6. The summed E-state index contributed by atoms with van der Waals surface area (Å²) in [5, 5.41) is 3.64. The molecule has 0 aliphatic carbocycles. The van der Waals surface area contributed by atoms with E-state index in [2.05, 4.69) is 34.9 Å². The molecule has 190 valence electrons. The van der Waals surface area contributed by atoms with E-state index in [1.165, 1.54) is 30.0 Å². The molecular weight excluding hydrogens is 519 g/mol. The van der Waals surface area contributed by atoms with Gasteiger partial charge in [-0.15, -0.1) is 11.3 Å². The fraction of sp³-hybridized carbons (Fsp3) is 0.320. The molecule has 0 saturated carbocycles. The zero-order chi connectivity index (χ0) is 25.9. The van der Waals surface area contributed by atoms with Gasteiger partial charge in [-0.2, -0.15) is 0 Å². The second-order valence-electron chi connectivity index (χ2n) is 9.57. The van der Waals surface area contributed by atoms with E-state index < -0.39 is 25.9 Å². The Labute approximate surface area is 219 Å². The Hall–Kier alpha value is -2.79. The van der Waals surface area contributed by atoms with E-state index in [0.29, 0.717) is 22.9 Å². The van der Waals surface area contributed by atoms with Crippen molar-refractivity contribution in [1.29, 1.82) is 0 Å². The molecule has 0 bridgehead atoms. The van der Waals surface area contributed by atoms with Gasteiger partial charge in [-0.3, -0.25) is 0 Å². The molecule has 7 nitrogen and oxygen atoms in total. The van der Waals surface area contributed by atoms with Crippen molar-refractivity contribution in [1.82, 2.24) is 14.5 Å². The van der Waals surface area contributed by atoms with Crippen molar-refractivity contribution in [3.8, 4) is 0 Å². The standard InChI is InChI=1S/C25H28ClFN4O3SSi/c1-33-25(32)23-24(35-14-29-23)22(18-7-5-16(26)11-19(18)27)30-17-6-8-21-20(12-17)28-13-31(21)15-34-9-10-36(2,3)4/h5-8,11-14,22,30H,9-10,15H2,1-4H3. The lowest BCUT2D eigenvalue weighted by atomic mass is 10.0. The predicted molar refractivity (Wildman–Crippen MR) is 144 cm³/mol. The average molecular weight is 547 g/mol. The number of halogens is 2.